The van der Waals surface area contributed by atoms with E-state index in [9.17, 15) is 4.79 Å². The fourth-order valence-corrected chi connectivity index (χ4v) is 4.09. The number of urea groups is 1. The molecule has 1 atom stereocenters. The van der Waals surface area contributed by atoms with E-state index in [4.69, 9.17) is 4.99 Å². The lowest BCUT2D eigenvalue weighted by molar-refractivity contribution is 0.222. The molecule has 1 saturated heterocycles. The van der Waals surface area contributed by atoms with Crippen LogP contribution in [-0.4, -0.2) is 43.1 Å². The minimum absolute atomic E-state index is 0. The molecule has 0 radical (unpaired) electrons. The van der Waals surface area contributed by atoms with Gasteiger partial charge in [-0.2, -0.15) is 0 Å². The number of thiophene rings is 1. The van der Waals surface area contributed by atoms with Crippen LogP contribution in [0.2, 0.25) is 0 Å². The molecule has 0 bridgehead atoms. The molecule has 0 saturated carbocycles. The summed E-state index contributed by atoms with van der Waals surface area (Å²) in [7, 11) is 0. The van der Waals surface area contributed by atoms with Crippen LogP contribution in [-0.2, 0) is 6.54 Å². The lowest BCUT2D eigenvalue weighted by atomic mass is 10.1. The molecule has 3 rings (SSSR count). The van der Waals surface area contributed by atoms with Crippen LogP contribution in [0.3, 0.4) is 0 Å². The van der Waals surface area contributed by atoms with Gasteiger partial charge in [0.15, 0.2) is 5.96 Å². The zero-order valence-corrected chi connectivity index (χ0v) is 20.8. The van der Waals surface area contributed by atoms with E-state index in [2.05, 4.69) is 47.3 Å². The largest absolute Gasteiger partial charge is 0.357 e. The quantitative estimate of drug-likeness (QED) is 0.267. The standard InChI is InChI=1S/C22H31N5OS.HI/c1-3-23-21(24-15-17(2)20-10-7-13-29-20)25-16-18-8-6-9-19(14-18)26-22(28)27-11-4-5-12-27;/h6-10,13-14,17H,3-5,11-12,15-16H2,1-2H3,(H,26,28)(H2,23,24,25);1H. The summed E-state index contributed by atoms with van der Waals surface area (Å²) in [6.07, 6.45) is 2.18. The third-order valence-electron chi connectivity index (χ3n) is 4.94. The second kappa shape index (κ2) is 12.8. The van der Waals surface area contributed by atoms with Gasteiger partial charge in [0.05, 0.1) is 6.54 Å². The van der Waals surface area contributed by atoms with Crippen molar-refractivity contribution < 1.29 is 4.79 Å². The molecule has 2 heterocycles. The first kappa shape index (κ1) is 24.5. The highest BCUT2D eigenvalue weighted by Gasteiger charge is 2.17. The molecule has 1 aromatic carbocycles. The molecule has 0 spiro atoms. The Morgan fingerprint density at radius 1 is 1.20 bits per heavy atom. The number of carbonyl (C=O) groups excluding carboxylic acids is 1. The Morgan fingerprint density at radius 2 is 2.00 bits per heavy atom. The molecule has 1 fully saturated rings. The first-order chi connectivity index (χ1) is 14.2. The second-order valence-corrected chi connectivity index (χ2v) is 8.30. The van der Waals surface area contributed by atoms with Crippen molar-refractivity contribution >= 4 is 53.0 Å². The smallest absolute Gasteiger partial charge is 0.321 e. The normalized spacial score (nSPS) is 14.7. The van der Waals surface area contributed by atoms with Crippen molar-refractivity contribution in [3.63, 3.8) is 0 Å². The maximum Gasteiger partial charge on any atom is 0.321 e. The summed E-state index contributed by atoms with van der Waals surface area (Å²) in [4.78, 5) is 20.2. The highest BCUT2D eigenvalue weighted by atomic mass is 127. The van der Waals surface area contributed by atoms with Crippen molar-refractivity contribution in [3.05, 3.63) is 52.2 Å². The number of nitrogens with one attached hydrogen (secondary N) is 3. The Bertz CT molecular complexity index is 806. The summed E-state index contributed by atoms with van der Waals surface area (Å²) in [6.45, 7) is 8.16. The van der Waals surface area contributed by atoms with E-state index in [0.29, 0.717) is 12.5 Å². The van der Waals surface area contributed by atoms with E-state index in [0.717, 1.165) is 56.2 Å². The van der Waals surface area contributed by atoms with Gasteiger partial charge in [-0.15, -0.1) is 35.3 Å². The predicted octanol–water partition coefficient (Wildman–Crippen LogP) is 4.85. The summed E-state index contributed by atoms with van der Waals surface area (Å²) in [5.41, 5.74) is 1.88. The number of anilines is 1. The van der Waals surface area contributed by atoms with Gasteiger partial charge in [-0.3, -0.25) is 0 Å². The fourth-order valence-electron chi connectivity index (χ4n) is 3.30. The molecular weight excluding hydrogens is 509 g/mol. The Hall–Kier alpha value is -1.81. The SMILES string of the molecule is CCNC(=NCc1cccc(NC(=O)N2CCCC2)c1)NCC(C)c1cccs1.I. The van der Waals surface area contributed by atoms with E-state index in [1.165, 1.54) is 4.88 Å². The maximum absolute atomic E-state index is 12.3. The Kier molecular flexibility index (Phi) is 10.4. The third-order valence-corrected chi connectivity index (χ3v) is 6.04. The molecule has 2 amide bonds. The van der Waals surface area contributed by atoms with Crippen molar-refractivity contribution in [2.75, 3.05) is 31.5 Å². The lowest BCUT2D eigenvalue weighted by Gasteiger charge is -2.16. The number of amides is 2. The molecule has 2 aromatic rings. The molecule has 164 valence electrons. The molecular formula is C22H32IN5OS. The van der Waals surface area contributed by atoms with E-state index < -0.39 is 0 Å². The van der Waals surface area contributed by atoms with Crippen molar-refractivity contribution in [2.45, 2.75) is 39.2 Å². The fraction of sp³-hybridized carbons (Fsp3) is 0.455. The van der Waals surface area contributed by atoms with Gasteiger partial charge in [0.2, 0.25) is 0 Å². The van der Waals surface area contributed by atoms with Crippen LogP contribution in [0, 0.1) is 0 Å². The molecule has 3 N–H and O–H groups in total. The lowest BCUT2D eigenvalue weighted by Crippen LogP contribution is -2.39. The van der Waals surface area contributed by atoms with Crippen molar-refractivity contribution in [2.24, 2.45) is 4.99 Å². The van der Waals surface area contributed by atoms with E-state index >= 15 is 0 Å². The summed E-state index contributed by atoms with van der Waals surface area (Å²) in [5.74, 6) is 1.24. The van der Waals surface area contributed by atoms with E-state index in [-0.39, 0.29) is 30.0 Å². The number of nitrogens with zero attached hydrogens (tertiary/aromatic N) is 2. The molecule has 1 aromatic heterocycles. The summed E-state index contributed by atoms with van der Waals surface area (Å²) in [6, 6.07) is 12.2. The summed E-state index contributed by atoms with van der Waals surface area (Å²) in [5, 5.41) is 11.8. The van der Waals surface area contributed by atoms with Gasteiger partial charge in [-0.25, -0.2) is 9.79 Å². The number of rotatable bonds is 7. The first-order valence-corrected chi connectivity index (χ1v) is 11.2. The second-order valence-electron chi connectivity index (χ2n) is 7.32. The zero-order chi connectivity index (χ0) is 20.5. The first-order valence-electron chi connectivity index (χ1n) is 10.4. The van der Waals surface area contributed by atoms with Gasteiger partial charge >= 0.3 is 6.03 Å². The number of likely N-dealkylation sites (tertiary alicyclic amines) is 1. The summed E-state index contributed by atoms with van der Waals surface area (Å²) < 4.78 is 0. The van der Waals surface area contributed by atoms with Crippen molar-refractivity contribution in [1.82, 2.24) is 15.5 Å². The van der Waals surface area contributed by atoms with Gasteiger partial charge in [0, 0.05) is 42.7 Å². The van der Waals surface area contributed by atoms with E-state index in [1.807, 2.05) is 29.2 Å². The molecule has 6 nitrogen and oxygen atoms in total. The predicted molar refractivity (Wildman–Crippen MR) is 137 cm³/mol. The molecule has 0 aliphatic carbocycles. The van der Waals surface area contributed by atoms with Gasteiger partial charge in [0.1, 0.15) is 0 Å². The number of benzene rings is 1. The third kappa shape index (κ3) is 7.46. The highest BCUT2D eigenvalue weighted by molar-refractivity contribution is 14.0. The molecule has 1 aliphatic heterocycles. The topological polar surface area (TPSA) is 68.8 Å². The number of hydrogen-bond donors (Lipinski definition) is 3. The number of aliphatic imine (C=N–C) groups is 1. The van der Waals surface area contributed by atoms with E-state index in [1.54, 1.807) is 11.3 Å². The van der Waals surface area contributed by atoms with Crippen molar-refractivity contribution in [3.8, 4) is 0 Å². The van der Waals surface area contributed by atoms with Crippen LogP contribution in [0.5, 0.6) is 0 Å². The number of carbonyl (C=O) groups is 1. The molecule has 1 aliphatic rings. The van der Waals surface area contributed by atoms with Gasteiger partial charge in [-0.1, -0.05) is 25.1 Å². The van der Waals surface area contributed by atoms with Crippen molar-refractivity contribution in [1.29, 1.82) is 0 Å². The average molecular weight is 542 g/mol. The Balaban J connectivity index is 0.00000320. The zero-order valence-electron chi connectivity index (χ0n) is 17.7. The monoisotopic (exact) mass is 541 g/mol. The van der Waals surface area contributed by atoms with Crippen LogP contribution < -0.4 is 16.0 Å². The average Bonchev–Trinajstić information content (AvgIpc) is 3.44. The molecule has 8 heteroatoms. The Morgan fingerprint density at radius 3 is 2.70 bits per heavy atom. The van der Waals surface area contributed by atoms with Crippen LogP contribution in [0.15, 0.2) is 46.8 Å². The van der Waals surface area contributed by atoms with Crippen LogP contribution in [0.1, 0.15) is 43.0 Å². The highest BCUT2D eigenvalue weighted by Crippen LogP contribution is 2.19. The minimum Gasteiger partial charge on any atom is -0.357 e. The van der Waals surface area contributed by atoms with Gasteiger partial charge in [-0.05, 0) is 48.9 Å². The summed E-state index contributed by atoms with van der Waals surface area (Å²) >= 11 is 1.78. The molecule has 1 unspecified atom stereocenters. The Labute approximate surface area is 200 Å². The van der Waals surface area contributed by atoms with Crippen LogP contribution in [0.25, 0.3) is 0 Å². The van der Waals surface area contributed by atoms with Gasteiger partial charge < -0.3 is 20.9 Å². The van der Waals surface area contributed by atoms with Crippen LogP contribution >= 0.6 is 35.3 Å². The minimum atomic E-state index is -0.0132. The maximum atomic E-state index is 12.3. The number of halogens is 1. The molecule has 30 heavy (non-hydrogen) atoms. The van der Waals surface area contributed by atoms with Gasteiger partial charge in [0.25, 0.3) is 0 Å². The number of hydrogen-bond acceptors (Lipinski definition) is 3. The number of guanidine groups is 1. The van der Waals surface area contributed by atoms with Crippen LogP contribution in [0.4, 0.5) is 10.5 Å².